The van der Waals surface area contributed by atoms with Gasteiger partial charge in [0.25, 0.3) is 5.91 Å². The summed E-state index contributed by atoms with van der Waals surface area (Å²) in [7, 11) is 5.76. The average Bonchev–Trinajstić information content (AvgIpc) is 3.34. The molecule has 1 saturated carbocycles. The molecule has 3 N–H and O–H groups in total. The SMILES string of the molecule is CCN(c1cc(Cl)cc(C(=O)NCc2c(OC)[nH]c3cn[nH]c3c2=O)c1C)[C@H]1CC[C@H](N(C)C)CC1. The Morgan fingerprint density at radius 1 is 1.22 bits per heavy atom. The van der Waals surface area contributed by atoms with E-state index in [9.17, 15) is 9.59 Å². The zero-order chi connectivity index (χ0) is 26.0. The third kappa shape index (κ3) is 5.08. The van der Waals surface area contributed by atoms with E-state index in [1.54, 1.807) is 6.07 Å². The summed E-state index contributed by atoms with van der Waals surface area (Å²) in [6.45, 7) is 4.93. The van der Waals surface area contributed by atoms with Gasteiger partial charge in [-0.2, -0.15) is 5.10 Å². The van der Waals surface area contributed by atoms with Gasteiger partial charge in [0.05, 0.1) is 30.9 Å². The summed E-state index contributed by atoms with van der Waals surface area (Å²) in [5, 5.41) is 9.99. The largest absolute Gasteiger partial charge is 0.482 e. The Labute approximate surface area is 216 Å². The average molecular weight is 515 g/mol. The molecule has 3 aromatic rings. The zero-order valence-electron chi connectivity index (χ0n) is 21.6. The summed E-state index contributed by atoms with van der Waals surface area (Å²) in [6.07, 6.45) is 6.02. The van der Waals surface area contributed by atoms with Gasteiger partial charge in [-0.1, -0.05) is 11.6 Å². The maximum atomic E-state index is 13.3. The van der Waals surface area contributed by atoms with Crippen LogP contribution >= 0.6 is 11.6 Å². The van der Waals surface area contributed by atoms with Crippen molar-refractivity contribution in [2.45, 2.75) is 58.2 Å². The molecule has 4 rings (SSSR count). The van der Waals surface area contributed by atoms with Gasteiger partial charge in [0.1, 0.15) is 5.52 Å². The van der Waals surface area contributed by atoms with Crippen molar-refractivity contribution in [3.05, 3.63) is 50.3 Å². The lowest BCUT2D eigenvalue weighted by Crippen LogP contribution is -2.42. The minimum Gasteiger partial charge on any atom is -0.482 e. The lowest BCUT2D eigenvalue weighted by Gasteiger charge is -2.40. The van der Waals surface area contributed by atoms with E-state index in [2.05, 4.69) is 51.3 Å². The predicted octanol–water partition coefficient (Wildman–Crippen LogP) is 3.85. The van der Waals surface area contributed by atoms with E-state index < -0.39 is 0 Å². The highest BCUT2D eigenvalue weighted by atomic mass is 35.5. The number of fused-ring (bicyclic) bond motifs is 1. The molecule has 1 amide bonds. The van der Waals surface area contributed by atoms with Gasteiger partial charge in [-0.15, -0.1) is 0 Å². The summed E-state index contributed by atoms with van der Waals surface area (Å²) in [4.78, 5) is 33.9. The van der Waals surface area contributed by atoms with Gasteiger partial charge in [-0.05, 0) is 71.3 Å². The highest BCUT2D eigenvalue weighted by Crippen LogP contribution is 2.34. The minimum atomic E-state index is -0.297. The molecule has 0 aliphatic heterocycles. The van der Waals surface area contributed by atoms with Gasteiger partial charge in [0.15, 0.2) is 5.88 Å². The summed E-state index contributed by atoms with van der Waals surface area (Å²) in [5.41, 5.74) is 3.28. The van der Waals surface area contributed by atoms with E-state index in [-0.39, 0.29) is 17.9 Å². The molecule has 194 valence electrons. The number of ether oxygens (including phenoxy) is 1. The molecule has 0 saturated heterocycles. The van der Waals surface area contributed by atoms with Crippen LogP contribution in [-0.2, 0) is 6.54 Å². The van der Waals surface area contributed by atoms with Gasteiger partial charge in [-0.3, -0.25) is 14.7 Å². The highest BCUT2D eigenvalue weighted by Gasteiger charge is 2.28. The molecule has 9 nitrogen and oxygen atoms in total. The van der Waals surface area contributed by atoms with Gasteiger partial charge >= 0.3 is 0 Å². The topological polar surface area (TPSA) is 106 Å². The Hall–Kier alpha value is -3.04. The van der Waals surface area contributed by atoms with Crippen LogP contribution in [-0.4, -0.2) is 65.8 Å². The number of hydrogen-bond acceptors (Lipinski definition) is 6. The number of H-pyrrole nitrogens is 2. The fourth-order valence-electron chi connectivity index (χ4n) is 5.31. The molecule has 1 aliphatic rings. The molecule has 0 bridgehead atoms. The summed E-state index contributed by atoms with van der Waals surface area (Å²) in [5.74, 6) is -0.00188. The fourth-order valence-corrected chi connectivity index (χ4v) is 5.53. The number of pyridine rings is 1. The molecule has 36 heavy (non-hydrogen) atoms. The van der Waals surface area contributed by atoms with E-state index in [0.717, 1.165) is 43.5 Å². The second kappa shape index (κ2) is 10.9. The number of aromatic amines is 2. The van der Waals surface area contributed by atoms with Crippen LogP contribution in [0.25, 0.3) is 11.0 Å². The van der Waals surface area contributed by atoms with Crippen molar-refractivity contribution in [3.8, 4) is 5.88 Å². The van der Waals surface area contributed by atoms with E-state index in [1.165, 1.54) is 13.3 Å². The van der Waals surface area contributed by atoms with Gasteiger partial charge in [-0.25, -0.2) is 0 Å². The second-order valence-electron chi connectivity index (χ2n) is 9.62. The van der Waals surface area contributed by atoms with Crippen LogP contribution in [0.4, 0.5) is 5.69 Å². The Balaban J connectivity index is 1.57. The van der Waals surface area contributed by atoms with Crippen molar-refractivity contribution in [3.63, 3.8) is 0 Å². The number of hydrogen-bond donors (Lipinski definition) is 3. The third-order valence-corrected chi connectivity index (χ3v) is 7.59. The summed E-state index contributed by atoms with van der Waals surface area (Å²) < 4.78 is 5.36. The Kier molecular flexibility index (Phi) is 7.90. The number of rotatable bonds is 8. The number of benzene rings is 1. The zero-order valence-corrected chi connectivity index (χ0v) is 22.3. The lowest BCUT2D eigenvalue weighted by molar-refractivity contribution is 0.0950. The number of amides is 1. The van der Waals surface area contributed by atoms with Gasteiger partial charge in [0.2, 0.25) is 5.43 Å². The molecule has 1 aliphatic carbocycles. The maximum Gasteiger partial charge on any atom is 0.251 e. The number of aromatic nitrogens is 3. The molecule has 2 heterocycles. The first-order valence-corrected chi connectivity index (χ1v) is 12.8. The van der Waals surface area contributed by atoms with Crippen LogP contribution in [0.1, 0.15) is 54.1 Å². The van der Waals surface area contributed by atoms with Crippen molar-refractivity contribution in [2.24, 2.45) is 0 Å². The third-order valence-electron chi connectivity index (χ3n) is 7.37. The molecule has 0 spiro atoms. The van der Waals surface area contributed by atoms with Crippen molar-refractivity contribution >= 4 is 34.2 Å². The van der Waals surface area contributed by atoms with Crippen LogP contribution < -0.4 is 20.4 Å². The van der Waals surface area contributed by atoms with Crippen molar-refractivity contribution in [1.29, 1.82) is 0 Å². The van der Waals surface area contributed by atoms with Gasteiger partial charge < -0.3 is 24.8 Å². The first-order valence-electron chi connectivity index (χ1n) is 12.4. The van der Waals surface area contributed by atoms with Crippen LogP contribution in [0.2, 0.25) is 5.02 Å². The first kappa shape index (κ1) is 26.0. The van der Waals surface area contributed by atoms with E-state index in [4.69, 9.17) is 16.3 Å². The number of nitrogens with one attached hydrogen (secondary N) is 3. The number of carbonyl (C=O) groups excluding carboxylic acids is 1. The molecule has 0 radical (unpaired) electrons. The molecule has 10 heteroatoms. The lowest BCUT2D eigenvalue weighted by atomic mass is 9.89. The van der Waals surface area contributed by atoms with Crippen molar-refractivity contribution < 1.29 is 9.53 Å². The molecule has 1 aromatic carbocycles. The number of methoxy groups -OCH3 is 1. The van der Waals surface area contributed by atoms with E-state index in [0.29, 0.717) is 45.1 Å². The van der Waals surface area contributed by atoms with Crippen molar-refractivity contribution in [2.75, 3.05) is 32.6 Å². The number of anilines is 1. The normalized spacial score (nSPS) is 18.0. The summed E-state index contributed by atoms with van der Waals surface area (Å²) >= 11 is 6.51. The Morgan fingerprint density at radius 3 is 2.56 bits per heavy atom. The maximum absolute atomic E-state index is 13.3. The number of halogens is 1. The molecular weight excluding hydrogens is 480 g/mol. The van der Waals surface area contributed by atoms with E-state index in [1.807, 2.05) is 13.0 Å². The van der Waals surface area contributed by atoms with Crippen molar-refractivity contribution in [1.82, 2.24) is 25.4 Å². The molecule has 2 aromatic heterocycles. The molecule has 1 fully saturated rings. The summed E-state index contributed by atoms with van der Waals surface area (Å²) in [6, 6.07) is 4.66. The van der Waals surface area contributed by atoms with Crippen LogP contribution in [0.3, 0.4) is 0 Å². The number of carbonyl (C=O) groups is 1. The predicted molar refractivity (Wildman–Crippen MR) is 143 cm³/mol. The Bertz CT molecular complexity index is 1290. The standard InChI is InChI=1S/C26H35ClN6O3/c1-6-33(18-9-7-17(8-10-18)32(3)4)22-12-16(27)11-19(15(22)2)25(35)28-13-20-24(34)23-21(14-29-31-23)30-26(20)36-5/h11-12,14,17-18H,6-10,13H2,1-5H3,(H,28,35)(H,29,31)(H,30,34)/t17-,18-. The minimum absolute atomic E-state index is 0.000369. The van der Waals surface area contributed by atoms with Gasteiger partial charge in [0, 0.05) is 34.9 Å². The second-order valence-corrected chi connectivity index (χ2v) is 10.1. The highest BCUT2D eigenvalue weighted by molar-refractivity contribution is 6.31. The number of nitrogens with zero attached hydrogens (tertiary/aromatic N) is 3. The van der Waals surface area contributed by atoms with Crippen LogP contribution in [0.5, 0.6) is 5.88 Å². The van der Waals surface area contributed by atoms with Crippen LogP contribution in [0.15, 0.2) is 23.1 Å². The fraction of sp³-hybridized carbons (Fsp3) is 0.500. The monoisotopic (exact) mass is 514 g/mol. The molecule has 0 unspecified atom stereocenters. The van der Waals surface area contributed by atoms with E-state index >= 15 is 0 Å². The Morgan fingerprint density at radius 2 is 1.92 bits per heavy atom. The van der Waals surface area contributed by atoms with Crippen LogP contribution in [0, 0.1) is 6.92 Å². The first-order chi connectivity index (χ1) is 17.2. The molecular formula is C26H35ClN6O3. The smallest absolute Gasteiger partial charge is 0.251 e. The molecule has 0 atom stereocenters. The quantitative estimate of drug-likeness (QED) is 0.421.